The van der Waals surface area contributed by atoms with E-state index in [0.29, 0.717) is 6.54 Å². The second-order valence-corrected chi connectivity index (χ2v) is 5.38. The van der Waals surface area contributed by atoms with Crippen LogP contribution in [-0.4, -0.2) is 24.5 Å². The van der Waals surface area contributed by atoms with Crippen LogP contribution < -0.4 is 15.4 Å². The number of carbonyl (C=O) groups is 1. The Hall–Kier alpha value is -2.92. The molecule has 1 amide bonds. The number of methoxy groups -OCH3 is 1. The molecule has 0 radical (unpaired) electrons. The van der Waals surface area contributed by atoms with Gasteiger partial charge in [0, 0.05) is 18.1 Å². The van der Waals surface area contributed by atoms with Gasteiger partial charge in [-0.3, -0.25) is 9.78 Å². The lowest BCUT2D eigenvalue weighted by atomic mass is 10.2. The topological polar surface area (TPSA) is 63.2 Å². The summed E-state index contributed by atoms with van der Waals surface area (Å²) in [5.74, 6) is 0.705. The van der Waals surface area contributed by atoms with Crippen LogP contribution in [0.4, 0.5) is 5.69 Å². The fourth-order valence-electron chi connectivity index (χ4n) is 2.50. The quantitative estimate of drug-likeness (QED) is 0.733. The summed E-state index contributed by atoms with van der Waals surface area (Å²) in [6.45, 7) is 0.818. The number of fused-ring (bicyclic) bond motifs is 1. The van der Waals surface area contributed by atoms with Crippen LogP contribution in [0.5, 0.6) is 5.75 Å². The molecule has 0 spiro atoms. The Morgan fingerprint density at radius 2 is 1.96 bits per heavy atom. The van der Waals surface area contributed by atoms with E-state index in [4.69, 9.17) is 4.74 Å². The second-order valence-electron chi connectivity index (χ2n) is 5.38. The standard InChI is InChI=1S/C19H19N3O2/c1-24-16-8-2-5-14(11-16)12-20-13-18(23)22-17-9-3-6-15-7-4-10-21-19(15)17/h2-11,20H,12-13H2,1H3,(H,22,23). The Kier molecular flexibility index (Phi) is 5.03. The number of benzene rings is 2. The molecule has 0 saturated heterocycles. The predicted octanol–water partition coefficient (Wildman–Crippen LogP) is 2.97. The average Bonchev–Trinajstić information content (AvgIpc) is 2.62. The molecule has 2 N–H and O–H groups in total. The number of hydrogen-bond donors (Lipinski definition) is 2. The zero-order chi connectivity index (χ0) is 16.8. The van der Waals surface area contributed by atoms with Gasteiger partial charge in [0.05, 0.1) is 24.9 Å². The Morgan fingerprint density at radius 3 is 2.83 bits per heavy atom. The number of nitrogens with zero attached hydrogens (tertiary/aromatic N) is 1. The fourth-order valence-corrected chi connectivity index (χ4v) is 2.50. The largest absolute Gasteiger partial charge is 0.497 e. The SMILES string of the molecule is COc1cccc(CNCC(=O)Nc2cccc3cccnc23)c1. The average molecular weight is 321 g/mol. The highest BCUT2D eigenvalue weighted by molar-refractivity contribution is 6.00. The normalized spacial score (nSPS) is 10.5. The van der Waals surface area contributed by atoms with Gasteiger partial charge in [0.1, 0.15) is 5.75 Å². The minimum Gasteiger partial charge on any atom is -0.497 e. The summed E-state index contributed by atoms with van der Waals surface area (Å²) in [4.78, 5) is 16.5. The summed E-state index contributed by atoms with van der Waals surface area (Å²) in [6, 6.07) is 17.3. The van der Waals surface area contributed by atoms with Gasteiger partial charge in [0.25, 0.3) is 0 Å². The zero-order valence-corrected chi connectivity index (χ0v) is 13.5. The molecular weight excluding hydrogens is 302 g/mol. The van der Waals surface area contributed by atoms with Gasteiger partial charge < -0.3 is 15.4 Å². The minimum atomic E-state index is -0.101. The molecule has 0 unspecified atom stereocenters. The molecule has 0 aliphatic rings. The van der Waals surface area contributed by atoms with Gasteiger partial charge in [-0.2, -0.15) is 0 Å². The van der Waals surface area contributed by atoms with Crippen molar-refractivity contribution in [3.8, 4) is 5.75 Å². The van der Waals surface area contributed by atoms with Crippen LogP contribution in [0, 0.1) is 0 Å². The van der Waals surface area contributed by atoms with Crippen LogP contribution in [0.25, 0.3) is 10.9 Å². The Balaban J connectivity index is 1.57. The molecule has 3 rings (SSSR count). The van der Waals surface area contributed by atoms with Gasteiger partial charge in [-0.1, -0.05) is 30.3 Å². The van der Waals surface area contributed by atoms with Crippen LogP contribution in [0.15, 0.2) is 60.8 Å². The number of ether oxygens (including phenoxy) is 1. The molecule has 0 atom stereocenters. The summed E-state index contributed by atoms with van der Waals surface area (Å²) >= 11 is 0. The van der Waals surface area contributed by atoms with Crippen LogP contribution in [0.1, 0.15) is 5.56 Å². The maximum atomic E-state index is 12.1. The molecular formula is C19H19N3O2. The molecule has 1 aromatic heterocycles. The maximum Gasteiger partial charge on any atom is 0.238 e. The van der Waals surface area contributed by atoms with Crippen molar-refractivity contribution in [2.24, 2.45) is 0 Å². The number of para-hydroxylation sites is 1. The highest BCUT2D eigenvalue weighted by Gasteiger charge is 2.06. The van der Waals surface area contributed by atoms with E-state index in [-0.39, 0.29) is 12.5 Å². The zero-order valence-electron chi connectivity index (χ0n) is 13.5. The van der Waals surface area contributed by atoms with Crippen molar-refractivity contribution in [2.75, 3.05) is 19.0 Å². The van der Waals surface area contributed by atoms with Crippen LogP contribution in [-0.2, 0) is 11.3 Å². The first-order valence-corrected chi connectivity index (χ1v) is 7.73. The summed E-state index contributed by atoms with van der Waals surface area (Å²) < 4.78 is 5.19. The molecule has 0 bridgehead atoms. The van der Waals surface area contributed by atoms with Gasteiger partial charge in [-0.15, -0.1) is 0 Å². The third-order valence-corrected chi connectivity index (χ3v) is 3.66. The van der Waals surface area contributed by atoms with E-state index in [1.165, 1.54) is 0 Å². The van der Waals surface area contributed by atoms with Gasteiger partial charge in [-0.05, 0) is 29.8 Å². The summed E-state index contributed by atoms with van der Waals surface area (Å²) in [5, 5.41) is 7.04. The van der Waals surface area contributed by atoms with Crippen LogP contribution >= 0.6 is 0 Å². The number of pyridine rings is 1. The molecule has 0 fully saturated rings. The van der Waals surface area contributed by atoms with Crippen molar-refractivity contribution < 1.29 is 9.53 Å². The summed E-state index contributed by atoms with van der Waals surface area (Å²) in [5.41, 5.74) is 2.58. The molecule has 122 valence electrons. The molecule has 24 heavy (non-hydrogen) atoms. The predicted molar refractivity (Wildman–Crippen MR) is 95.1 cm³/mol. The second kappa shape index (κ2) is 7.57. The van der Waals surface area contributed by atoms with Crippen LogP contribution in [0.2, 0.25) is 0 Å². The van der Waals surface area contributed by atoms with E-state index >= 15 is 0 Å². The minimum absolute atomic E-state index is 0.101. The van der Waals surface area contributed by atoms with Crippen molar-refractivity contribution in [3.05, 3.63) is 66.4 Å². The van der Waals surface area contributed by atoms with Crippen molar-refractivity contribution in [1.29, 1.82) is 0 Å². The first kappa shape index (κ1) is 16.0. The van der Waals surface area contributed by atoms with E-state index in [2.05, 4.69) is 15.6 Å². The first-order chi connectivity index (χ1) is 11.8. The third kappa shape index (κ3) is 3.88. The van der Waals surface area contributed by atoms with E-state index in [1.807, 2.05) is 54.6 Å². The van der Waals surface area contributed by atoms with Crippen LogP contribution in [0.3, 0.4) is 0 Å². The van der Waals surface area contributed by atoms with Gasteiger partial charge >= 0.3 is 0 Å². The first-order valence-electron chi connectivity index (χ1n) is 7.73. The number of aromatic nitrogens is 1. The number of anilines is 1. The van der Waals surface area contributed by atoms with Crippen molar-refractivity contribution >= 4 is 22.5 Å². The smallest absolute Gasteiger partial charge is 0.238 e. The van der Waals surface area contributed by atoms with E-state index in [9.17, 15) is 4.79 Å². The Bertz CT molecular complexity index is 843. The van der Waals surface area contributed by atoms with Crippen molar-refractivity contribution in [2.45, 2.75) is 6.54 Å². The monoisotopic (exact) mass is 321 g/mol. The summed E-state index contributed by atoms with van der Waals surface area (Å²) in [6.07, 6.45) is 1.72. The Labute approximate surface area is 140 Å². The molecule has 0 aliphatic heterocycles. The number of carbonyl (C=O) groups excluding carboxylic acids is 1. The molecule has 5 nitrogen and oxygen atoms in total. The highest BCUT2D eigenvalue weighted by atomic mass is 16.5. The number of hydrogen-bond acceptors (Lipinski definition) is 4. The number of rotatable bonds is 6. The van der Waals surface area contributed by atoms with Gasteiger partial charge in [0.2, 0.25) is 5.91 Å². The van der Waals surface area contributed by atoms with E-state index in [0.717, 1.165) is 27.9 Å². The number of nitrogens with one attached hydrogen (secondary N) is 2. The maximum absolute atomic E-state index is 12.1. The van der Waals surface area contributed by atoms with Gasteiger partial charge in [0.15, 0.2) is 0 Å². The lowest BCUT2D eigenvalue weighted by Crippen LogP contribution is -2.27. The van der Waals surface area contributed by atoms with E-state index in [1.54, 1.807) is 13.3 Å². The number of amides is 1. The fraction of sp³-hybridized carbons (Fsp3) is 0.158. The van der Waals surface area contributed by atoms with E-state index < -0.39 is 0 Å². The molecule has 2 aromatic carbocycles. The molecule has 1 heterocycles. The lowest BCUT2D eigenvalue weighted by molar-refractivity contribution is -0.115. The summed E-state index contributed by atoms with van der Waals surface area (Å²) in [7, 11) is 1.64. The molecule has 3 aromatic rings. The van der Waals surface area contributed by atoms with Crippen molar-refractivity contribution in [3.63, 3.8) is 0 Å². The lowest BCUT2D eigenvalue weighted by Gasteiger charge is -2.09. The molecule has 5 heteroatoms. The van der Waals surface area contributed by atoms with Gasteiger partial charge in [-0.25, -0.2) is 0 Å². The molecule has 0 aliphatic carbocycles. The third-order valence-electron chi connectivity index (χ3n) is 3.66. The van der Waals surface area contributed by atoms with Crippen molar-refractivity contribution in [1.82, 2.24) is 10.3 Å². The highest BCUT2D eigenvalue weighted by Crippen LogP contribution is 2.20. The Morgan fingerprint density at radius 1 is 1.12 bits per heavy atom. The molecule has 0 saturated carbocycles.